The number of rotatable bonds is 6. The van der Waals surface area contributed by atoms with Gasteiger partial charge in [0, 0.05) is 68.6 Å². The maximum atomic E-state index is 12.0. The highest BCUT2D eigenvalue weighted by atomic mass is 35.5. The largest absolute Gasteiger partial charge is 0.353 e. The molecule has 2 saturated heterocycles. The second-order valence-corrected chi connectivity index (χ2v) is 8.60. The summed E-state index contributed by atoms with van der Waals surface area (Å²) in [6, 6.07) is 8.05. The number of piperidine rings is 1. The number of carbonyl (C=O) groups is 1. The molecule has 4 rings (SSSR count). The Labute approximate surface area is 182 Å². The lowest BCUT2D eigenvalue weighted by Gasteiger charge is -2.47. The fourth-order valence-corrected chi connectivity index (χ4v) is 4.91. The van der Waals surface area contributed by atoms with Crippen LogP contribution >= 0.6 is 11.6 Å². The van der Waals surface area contributed by atoms with Gasteiger partial charge < -0.3 is 15.4 Å². The number of anilines is 1. The predicted molar refractivity (Wildman–Crippen MR) is 119 cm³/mol. The summed E-state index contributed by atoms with van der Waals surface area (Å²) in [4.78, 5) is 27.4. The summed E-state index contributed by atoms with van der Waals surface area (Å²) in [6.07, 6.45) is 7.94. The molecule has 2 fully saturated rings. The molecule has 0 bridgehead atoms. The van der Waals surface area contributed by atoms with Crippen molar-refractivity contribution in [3.8, 4) is 0 Å². The normalized spacial score (nSPS) is 21.3. The molecule has 1 unspecified atom stereocenters. The van der Waals surface area contributed by atoms with E-state index in [2.05, 4.69) is 30.7 Å². The van der Waals surface area contributed by atoms with Gasteiger partial charge in [-0.15, -0.1) is 0 Å². The third-order valence-corrected chi connectivity index (χ3v) is 6.88. The van der Waals surface area contributed by atoms with E-state index in [0.29, 0.717) is 6.54 Å². The summed E-state index contributed by atoms with van der Waals surface area (Å²) in [6.45, 7) is 5.61. The van der Waals surface area contributed by atoms with Crippen LogP contribution in [0.25, 0.3) is 0 Å². The van der Waals surface area contributed by atoms with Crippen LogP contribution in [0.4, 0.5) is 5.82 Å². The van der Waals surface area contributed by atoms with Crippen LogP contribution in [0.5, 0.6) is 0 Å². The molecule has 30 heavy (non-hydrogen) atoms. The number of hydrogen-bond acceptors (Lipinski definition) is 7. The Morgan fingerprint density at radius 2 is 1.83 bits per heavy atom. The van der Waals surface area contributed by atoms with E-state index in [4.69, 9.17) is 17.3 Å². The Balaban J connectivity index is 1.38. The van der Waals surface area contributed by atoms with Gasteiger partial charge in [0.25, 0.3) is 0 Å². The zero-order valence-electron chi connectivity index (χ0n) is 17.2. The fourth-order valence-electron chi connectivity index (χ4n) is 4.72. The molecule has 7 nitrogen and oxygen atoms in total. The summed E-state index contributed by atoms with van der Waals surface area (Å²) >= 11 is 6.23. The van der Waals surface area contributed by atoms with E-state index in [-0.39, 0.29) is 11.6 Å². The van der Waals surface area contributed by atoms with Crippen LogP contribution in [0.15, 0.2) is 42.9 Å². The van der Waals surface area contributed by atoms with Gasteiger partial charge in [0.15, 0.2) is 6.29 Å². The van der Waals surface area contributed by atoms with Crippen molar-refractivity contribution in [3.63, 3.8) is 0 Å². The molecule has 2 aliphatic rings. The number of aldehydes is 1. The molecule has 1 aromatic heterocycles. The molecule has 0 saturated carbocycles. The van der Waals surface area contributed by atoms with Crippen molar-refractivity contribution in [2.24, 2.45) is 5.73 Å². The molecule has 2 aliphatic heterocycles. The van der Waals surface area contributed by atoms with Crippen molar-refractivity contribution in [2.75, 3.05) is 50.7 Å². The van der Waals surface area contributed by atoms with Crippen molar-refractivity contribution >= 4 is 23.7 Å². The number of likely N-dealkylation sites (tertiary alicyclic amines) is 1. The van der Waals surface area contributed by atoms with Gasteiger partial charge in [0.05, 0.1) is 6.20 Å². The van der Waals surface area contributed by atoms with E-state index in [9.17, 15) is 4.79 Å². The Hall–Kier alpha value is -2.06. The number of carbonyl (C=O) groups excluding carboxylic acids is 1. The number of aromatic nitrogens is 2. The highest BCUT2D eigenvalue weighted by Gasteiger charge is 2.38. The first kappa shape index (κ1) is 21.2. The summed E-state index contributed by atoms with van der Waals surface area (Å²) in [5, 5.41) is 0.745. The van der Waals surface area contributed by atoms with E-state index in [1.54, 1.807) is 18.6 Å². The van der Waals surface area contributed by atoms with E-state index in [1.807, 2.05) is 18.2 Å². The maximum absolute atomic E-state index is 12.0. The average Bonchev–Trinajstić information content (AvgIpc) is 2.81. The standard InChI is InChI=1S/C22H29ClN6O/c23-19-3-1-2-18(14-19)22(17-24)4-8-28(9-5-22)21(16-30)29-12-10-27(11-13-29)20-15-25-6-7-26-20/h1-3,6-7,14-16,21H,4-5,8-13,17,24H2. The Bertz CT molecular complexity index is 835. The highest BCUT2D eigenvalue weighted by molar-refractivity contribution is 6.30. The smallest absolute Gasteiger partial charge is 0.151 e. The molecule has 0 spiro atoms. The number of nitrogens with two attached hydrogens (primary N) is 1. The molecule has 1 atom stereocenters. The van der Waals surface area contributed by atoms with Crippen LogP contribution in [0, 0.1) is 0 Å². The van der Waals surface area contributed by atoms with Gasteiger partial charge in [-0.05, 0) is 30.5 Å². The summed E-state index contributed by atoms with van der Waals surface area (Å²) in [5.41, 5.74) is 7.37. The topological polar surface area (TPSA) is 78.6 Å². The van der Waals surface area contributed by atoms with Gasteiger partial charge in [-0.3, -0.25) is 14.8 Å². The maximum Gasteiger partial charge on any atom is 0.151 e. The van der Waals surface area contributed by atoms with E-state index >= 15 is 0 Å². The van der Waals surface area contributed by atoms with Gasteiger partial charge in [0.1, 0.15) is 12.0 Å². The van der Waals surface area contributed by atoms with E-state index < -0.39 is 0 Å². The zero-order chi connectivity index (χ0) is 21.0. The minimum absolute atomic E-state index is 0.0699. The highest BCUT2D eigenvalue weighted by Crippen LogP contribution is 2.36. The quantitative estimate of drug-likeness (QED) is 0.702. The van der Waals surface area contributed by atoms with E-state index in [1.165, 1.54) is 5.56 Å². The van der Waals surface area contributed by atoms with Gasteiger partial charge >= 0.3 is 0 Å². The molecule has 0 aliphatic carbocycles. The lowest BCUT2D eigenvalue weighted by atomic mass is 9.72. The lowest BCUT2D eigenvalue weighted by molar-refractivity contribution is -0.120. The van der Waals surface area contributed by atoms with Crippen molar-refractivity contribution in [1.29, 1.82) is 0 Å². The molecular weight excluding hydrogens is 400 g/mol. The fraction of sp³-hybridized carbons (Fsp3) is 0.500. The second-order valence-electron chi connectivity index (χ2n) is 8.17. The van der Waals surface area contributed by atoms with Crippen LogP contribution in [0.3, 0.4) is 0 Å². The van der Waals surface area contributed by atoms with Crippen molar-refractivity contribution in [1.82, 2.24) is 19.8 Å². The molecule has 8 heteroatoms. The van der Waals surface area contributed by atoms with Crippen molar-refractivity contribution in [2.45, 2.75) is 24.4 Å². The Kier molecular flexibility index (Phi) is 6.63. The van der Waals surface area contributed by atoms with Gasteiger partial charge in [0.2, 0.25) is 0 Å². The summed E-state index contributed by atoms with van der Waals surface area (Å²) in [7, 11) is 0. The van der Waals surface area contributed by atoms with Crippen LogP contribution in [0.2, 0.25) is 5.02 Å². The number of benzene rings is 1. The third-order valence-electron chi connectivity index (χ3n) is 6.64. The van der Waals surface area contributed by atoms with Crippen LogP contribution < -0.4 is 10.6 Å². The average molecular weight is 429 g/mol. The van der Waals surface area contributed by atoms with Crippen LogP contribution in [-0.4, -0.2) is 78.0 Å². The van der Waals surface area contributed by atoms with Crippen molar-refractivity contribution < 1.29 is 4.79 Å². The molecule has 160 valence electrons. The molecule has 1 aromatic carbocycles. The Morgan fingerprint density at radius 3 is 2.43 bits per heavy atom. The zero-order valence-corrected chi connectivity index (χ0v) is 17.9. The lowest BCUT2D eigenvalue weighted by Crippen LogP contribution is -2.59. The van der Waals surface area contributed by atoms with Gasteiger partial charge in [-0.25, -0.2) is 4.98 Å². The Morgan fingerprint density at radius 1 is 1.10 bits per heavy atom. The third kappa shape index (κ3) is 4.34. The first-order valence-electron chi connectivity index (χ1n) is 10.6. The molecule has 2 N–H and O–H groups in total. The summed E-state index contributed by atoms with van der Waals surface area (Å²) < 4.78 is 0. The van der Waals surface area contributed by atoms with Crippen LogP contribution in [-0.2, 0) is 10.2 Å². The number of hydrogen-bond donors (Lipinski definition) is 1. The first-order valence-corrected chi connectivity index (χ1v) is 10.9. The molecule has 0 amide bonds. The monoisotopic (exact) mass is 428 g/mol. The minimum atomic E-state index is -0.191. The minimum Gasteiger partial charge on any atom is -0.353 e. The summed E-state index contributed by atoms with van der Waals surface area (Å²) in [5.74, 6) is 0.895. The first-order chi connectivity index (χ1) is 14.6. The molecule has 2 aromatic rings. The van der Waals surface area contributed by atoms with Crippen molar-refractivity contribution in [3.05, 3.63) is 53.4 Å². The SMILES string of the molecule is NCC1(c2cccc(Cl)c2)CCN(C(C=O)N2CCN(c3cnccn3)CC2)CC1. The molecular formula is C22H29ClN6O. The second kappa shape index (κ2) is 9.39. The van der Waals surface area contributed by atoms with Gasteiger partial charge in [-0.1, -0.05) is 23.7 Å². The number of halogens is 1. The van der Waals surface area contributed by atoms with E-state index in [0.717, 1.165) is 69.2 Å². The van der Waals surface area contributed by atoms with Crippen LogP contribution in [0.1, 0.15) is 18.4 Å². The molecule has 3 heterocycles. The molecule has 0 radical (unpaired) electrons. The predicted octanol–water partition coefficient (Wildman–Crippen LogP) is 1.77. The number of piperazine rings is 1. The number of nitrogens with zero attached hydrogens (tertiary/aromatic N) is 5. The van der Waals surface area contributed by atoms with Gasteiger partial charge in [-0.2, -0.15) is 0 Å².